The molecule has 0 bridgehead atoms. The number of nitrogens with zero attached hydrogens (tertiary/aromatic N) is 3. The van der Waals surface area contributed by atoms with Crippen molar-refractivity contribution in [1.82, 2.24) is 4.90 Å². The van der Waals surface area contributed by atoms with Crippen LogP contribution in [0.1, 0.15) is 41.0 Å². The van der Waals surface area contributed by atoms with Crippen molar-refractivity contribution in [2.24, 2.45) is 5.92 Å². The number of anilines is 2. The van der Waals surface area contributed by atoms with Crippen molar-refractivity contribution in [2.75, 3.05) is 36.2 Å². The highest BCUT2D eigenvalue weighted by Gasteiger charge is 2.70. The molecule has 1 spiro atoms. The van der Waals surface area contributed by atoms with Crippen LogP contribution < -0.4 is 9.80 Å². The minimum atomic E-state index is -4.37. The van der Waals surface area contributed by atoms with E-state index in [0.29, 0.717) is 41.9 Å². The Morgan fingerprint density at radius 3 is 2.02 bits per heavy atom. The van der Waals surface area contributed by atoms with E-state index < -0.39 is 48.1 Å². The minimum Gasteiger partial charge on any atom is -0.355 e. The number of benzene rings is 4. The van der Waals surface area contributed by atoms with Crippen molar-refractivity contribution >= 4 is 42.9 Å². The Bertz CT molecular complexity index is 2380. The van der Waals surface area contributed by atoms with Gasteiger partial charge in [0, 0.05) is 49.2 Å². The maximum absolute atomic E-state index is 15.4. The van der Waals surface area contributed by atoms with E-state index in [-0.39, 0.29) is 21.6 Å². The Kier molecular flexibility index (Phi) is 7.63. The molecule has 0 aliphatic carbocycles. The summed E-state index contributed by atoms with van der Waals surface area (Å²) in [7, 11) is -5.13. The molecule has 9 nitrogen and oxygen atoms in total. The van der Waals surface area contributed by atoms with Crippen molar-refractivity contribution in [3.63, 3.8) is 0 Å². The molecular formula is C40H39N3O6S2. The quantitative estimate of drug-likeness (QED) is 0.258. The molecule has 4 aliphatic rings. The van der Waals surface area contributed by atoms with Gasteiger partial charge in [-0.2, -0.15) is 0 Å². The van der Waals surface area contributed by atoms with Gasteiger partial charge in [0.15, 0.2) is 25.2 Å². The van der Waals surface area contributed by atoms with Crippen molar-refractivity contribution < 1.29 is 26.4 Å². The number of likely N-dealkylation sites (N-methyl/N-ethyl adjacent to an activating group) is 2. The van der Waals surface area contributed by atoms with Gasteiger partial charge in [-0.1, -0.05) is 71.8 Å². The molecule has 8 rings (SSSR count). The van der Waals surface area contributed by atoms with Crippen molar-refractivity contribution in [3.05, 3.63) is 131 Å². The van der Waals surface area contributed by atoms with Crippen LogP contribution >= 0.6 is 0 Å². The lowest BCUT2D eigenvalue weighted by Gasteiger charge is -2.42. The van der Waals surface area contributed by atoms with Crippen molar-refractivity contribution in [3.8, 4) is 0 Å². The number of hydrogen-bond donors (Lipinski definition) is 0. The van der Waals surface area contributed by atoms with E-state index in [1.165, 1.54) is 29.2 Å². The van der Waals surface area contributed by atoms with Crippen molar-refractivity contribution in [1.29, 1.82) is 0 Å². The fraction of sp³-hybridized carbons (Fsp3) is 0.300. The van der Waals surface area contributed by atoms with E-state index in [2.05, 4.69) is 0 Å². The molecule has 1 saturated heterocycles. The summed E-state index contributed by atoms with van der Waals surface area (Å²) in [5.41, 5.74) is 3.86. The summed E-state index contributed by atoms with van der Waals surface area (Å²) in [5, 5.41) is -1.45. The maximum atomic E-state index is 15.4. The molecule has 4 aromatic rings. The Hall–Kier alpha value is -4.74. The number of fused-ring (bicyclic) bond motifs is 5. The first-order valence-corrected chi connectivity index (χ1v) is 20.3. The van der Waals surface area contributed by atoms with Gasteiger partial charge < -0.3 is 14.7 Å². The summed E-state index contributed by atoms with van der Waals surface area (Å²) >= 11 is 0. The normalized spacial score (nSPS) is 24.4. The Morgan fingerprint density at radius 1 is 0.745 bits per heavy atom. The summed E-state index contributed by atoms with van der Waals surface area (Å²) in [6.45, 7) is 4.17. The molecule has 262 valence electrons. The molecule has 1 fully saturated rings. The molecule has 0 N–H and O–H groups in total. The zero-order valence-electron chi connectivity index (χ0n) is 28.9. The third kappa shape index (κ3) is 4.70. The number of carbonyl (C=O) groups excluding carboxylic acids is 2. The van der Waals surface area contributed by atoms with E-state index in [4.69, 9.17) is 0 Å². The molecule has 51 heavy (non-hydrogen) atoms. The van der Waals surface area contributed by atoms with Crippen LogP contribution in [0.4, 0.5) is 11.4 Å². The fourth-order valence-corrected chi connectivity index (χ4v) is 13.0. The lowest BCUT2D eigenvalue weighted by Crippen LogP contribution is -2.55. The highest BCUT2D eigenvalue weighted by atomic mass is 32.2. The summed E-state index contributed by atoms with van der Waals surface area (Å²) in [6.07, 6.45) is 0.965. The van der Waals surface area contributed by atoms with Crippen molar-refractivity contribution in [2.45, 2.75) is 53.2 Å². The third-order valence-electron chi connectivity index (χ3n) is 11.3. The SMILES string of the molecule is Cc1ccc2c(c1)C(C1=C3[C@@H](S(=O)(=O)c4ccccc4)[C@H](CS(=O)(=O)c4ccccc4)[C@]4(C(=O)N(C)c5ccc(C)cc54)N3CCC1)C(=O)N2C. The van der Waals surface area contributed by atoms with Gasteiger partial charge in [0.05, 0.1) is 21.5 Å². The number of aryl methyl sites for hydroxylation is 2. The number of sulfone groups is 2. The number of rotatable bonds is 6. The number of hydrogen-bond acceptors (Lipinski definition) is 7. The molecule has 2 amide bonds. The third-order valence-corrected chi connectivity index (χ3v) is 15.2. The average Bonchev–Trinajstić information content (AvgIpc) is 3.64. The topological polar surface area (TPSA) is 112 Å². The lowest BCUT2D eigenvalue weighted by molar-refractivity contribution is -0.129. The summed E-state index contributed by atoms with van der Waals surface area (Å²) in [5.74, 6) is -3.23. The lowest BCUT2D eigenvalue weighted by atomic mass is 9.79. The molecule has 4 heterocycles. The minimum absolute atomic E-state index is 0.0286. The molecule has 1 unspecified atom stereocenters. The van der Waals surface area contributed by atoms with Crippen LogP contribution in [0.2, 0.25) is 0 Å². The zero-order chi connectivity index (χ0) is 36.0. The second-order valence-electron chi connectivity index (χ2n) is 14.2. The number of carbonyl (C=O) groups is 2. The smallest absolute Gasteiger partial charge is 0.257 e. The van der Waals surface area contributed by atoms with Gasteiger partial charge in [0.25, 0.3) is 5.91 Å². The zero-order valence-corrected chi connectivity index (χ0v) is 30.5. The second kappa shape index (κ2) is 11.6. The Labute approximate surface area is 299 Å². The Balaban J connectivity index is 1.49. The van der Waals surface area contributed by atoms with Gasteiger partial charge in [0.2, 0.25) is 5.91 Å². The van der Waals surface area contributed by atoms with Gasteiger partial charge >= 0.3 is 0 Å². The molecule has 0 saturated carbocycles. The number of amides is 2. The van der Waals surface area contributed by atoms with Gasteiger partial charge in [-0.15, -0.1) is 0 Å². The monoisotopic (exact) mass is 721 g/mol. The largest absolute Gasteiger partial charge is 0.355 e. The standard InChI is InChI=1S/C40H39N3O6S2/c1-25-17-19-33-30(22-25)35(38(44)41(33)3)29-16-11-21-43-36(29)37(51(48,49)28-14-9-6-10-15-28)32(24-50(46,47)27-12-7-5-8-13-27)40(43)31-23-26(2)18-20-34(31)42(4)39(40)45/h5-10,12-15,17-20,22-23,32,35,37H,11,16,21,24H2,1-4H3/t32-,35?,37-,40+/m0/s1. The first-order valence-electron chi connectivity index (χ1n) is 17.1. The first-order chi connectivity index (χ1) is 24.3. The van der Waals surface area contributed by atoms with Gasteiger partial charge in [-0.3, -0.25) is 9.59 Å². The maximum Gasteiger partial charge on any atom is 0.257 e. The molecule has 11 heteroatoms. The van der Waals surface area contributed by atoms with Crippen LogP contribution in [0.25, 0.3) is 0 Å². The Morgan fingerprint density at radius 2 is 1.35 bits per heavy atom. The van der Waals surface area contributed by atoms with Crippen LogP contribution in [0, 0.1) is 19.8 Å². The van der Waals surface area contributed by atoms with E-state index in [0.717, 1.165) is 22.4 Å². The van der Waals surface area contributed by atoms with E-state index in [1.54, 1.807) is 55.4 Å². The molecule has 4 aliphatic heterocycles. The fourth-order valence-electron chi connectivity index (χ4n) is 9.08. The summed E-state index contributed by atoms with van der Waals surface area (Å²) < 4.78 is 59.8. The molecule has 4 atom stereocenters. The molecule has 0 aromatic heterocycles. The van der Waals surface area contributed by atoms with Gasteiger partial charge in [-0.05, 0) is 74.2 Å². The van der Waals surface area contributed by atoms with E-state index in [1.807, 2.05) is 55.1 Å². The highest BCUT2D eigenvalue weighted by molar-refractivity contribution is 7.93. The molecule has 0 radical (unpaired) electrons. The predicted molar refractivity (Wildman–Crippen MR) is 196 cm³/mol. The van der Waals surface area contributed by atoms with Crippen LogP contribution in [-0.4, -0.2) is 65.2 Å². The highest BCUT2D eigenvalue weighted by Crippen LogP contribution is 2.61. The van der Waals surface area contributed by atoms with Crippen LogP contribution in [0.5, 0.6) is 0 Å². The molecular weight excluding hydrogens is 683 g/mol. The van der Waals surface area contributed by atoms with E-state index >= 15 is 13.2 Å². The summed E-state index contributed by atoms with van der Waals surface area (Å²) in [4.78, 5) is 34.6. The first kappa shape index (κ1) is 33.4. The second-order valence-corrected chi connectivity index (χ2v) is 18.3. The van der Waals surface area contributed by atoms with Gasteiger partial charge in [-0.25, -0.2) is 16.8 Å². The summed E-state index contributed by atoms with van der Waals surface area (Å²) in [6, 6.07) is 27.5. The van der Waals surface area contributed by atoms with E-state index in [9.17, 15) is 13.2 Å². The van der Waals surface area contributed by atoms with Gasteiger partial charge in [0.1, 0.15) is 5.25 Å². The van der Waals surface area contributed by atoms with Crippen LogP contribution in [0.3, 0.4) is 0 Å². The van der Waals surface area contributed by atoms with Crippen LogP contribution in [-0.2, 0) is 34.8 Å². The average molecular weight is 722 g/mol. The predicted octanol–water partition coefficient (Wildman–Crippen LogP) is 5.53. The molecule has 4 aromatic carbocycles. The van der Waals surface area contributed by atoms with Crippen LogP contribution in [0.15, 0.2) is 118 Å².